The number of carbonyl (C=O) groups excluding carboxylic acids is 1. The average molecular weight is 240 g/mol. The normalized spacial score (nSPS) is 10.1. The zero-order chi connectivity index (χ0) is 12.8. The fraction of sp³-hybridized carbons (Fsp3) is 0.462. The van der Waals surface area contributed by atoms with Crippen molar-refractivity contribution in [3.63, 3.8) is 0 Å². The van der Waals surface area contributed by atoms with Crippen LogP contribution in [-0.2, 0) is 0 Å². The van der Waals surface area contributed by atoms with E-state index < -0.39 is 5.82 Å². The van der Waals surface area contributed by atoms with Crippen LogP contribution in [0.5, 0.6) is 11.5 Å². The van der Waals surface area contributed by atoms with Gasteiger partial charge in [-0.05, 0) is 12.5 Å². The topological polar surface area (TPSA) is 35.5 Å². The molecule has 4 heteroatoms. The van der Waals surface area contributed by atoms with E-state index in [0.29, 0.717) is 12.2 Å². The summed E-state index contributed by atoms with van der Waals surface area (Å²) in [6.45, 7) is 1.98. The Hall–Kier alpha value is -1.58. The first-order valence-electron chi connectivity index (χ1n) is 5.58. The molecular weight excluding hydrogens is 223 g/mol. The first-order chi connectivity index (χ1) is 8.13. The number of benzene rings is 1. The summed E-state index contributed by atoms with van der Waals surface area (Å²) >= 11 is 0. The Morgan fingerprint density at radius 1 is 1.24 bits per heavy atom. The molecule has 0 aliphatic heterocycles. The molecule has 1 rings (SSSR count). The zero-order valence-electron chi connectivity index (χ0n) is 10.4. The van der Waals surface area contributed by atoms with Crippen molar-refractivity contribution >= 4 is 5.78 Å². The van der Waals surface area contributed by atoms with E-state index in [-0.39, 0.29) is 17.1 Å². The van der Waals surface area contributed by atoms with Crippen LogP contribution in [0.4, 0.5) is 4.39 Å². The number of hydrogen-bond donors (Lipinski definition) is 0. The first-order valence-corrected chi connectivity index (χ1v) is 5.58. The second-order valence-electron chi connectivity index (χ2n) is 3.71. The number of unbranched alkanes of at least 4 members (excludes halogenated alkanes) is 1. The van der Waals surface area contributed by atoms with Gasteiger partial charge in [0.25, 0.3) is 0 Å². The zero-order valence-corrected chi connectivity index (χ0v) is 10.4. The summed E-state index contributed by atoms with van der Waals surface area (Å²) in [6, 6.07) is 2.57. The molecule has 94 valence electrons. The molecule has 0 fully saturated rings. The molecule has 3 nitrogen and oxygen atoms in total. The number of ketones is 1. The maximum atomic E-state index is 13.7. The number of halogens is 1. The van der Waals surface area contributed by atoms with Gasteiger partial charge < -0.3 is 9.47 Å². The van der Waals surface area contributed by atoms with Gasteiger partial charge in [0.05, 0.1) is 19.8 Å². The quantitative estimate of drug-likeness (QED) is 0.716. The van der Waals surface area contributed by atoms with Gasteiger partial charge in [-0.15, -0.1) is 0 Å². The van der Waals surface area contributed by atoms with Gasteiger partial charge in [0, 0.05) is 12.5 Å². The van der Waals surface area contributed by atoms with E-state index in [4.69, 9.17) is 9.47 Å². The molecule has 0 saturated carbocycles. The second kappa shape index (κ2) is 6.23. The summed E-state index contributed by atoms with van der Waals surface area (Å²) in [7, 11) is 2.88. The van der Waals surface area contributed by atoms with Crippen molar-refractivity contribution in [3.05, 3.63) is 23.5 Å². The molecule has 1 aromatic rings. The molecule has 1 aromatic carbocycles. The number of ether oxygens (including phenoxy) is 2. The van der Waals surface area contributed by atoms with Crippen LogP contribution in [0, 0.1) is 5.82 Å². The van der Waals surface area contributed by atoms with Gasteiger partial charge >= 0.3 is 0 Å². The second-order valence-corrected chi connectivity index (χ2v) is 3.71. The maximum Gasteiger partial charge on any atom is 0.165 e. The summed E-state index contributed by atoms with van der Waals surface area (Å²) in [5.74, 6) is -0.111. The number of hydrogen-bond acceptors (Lipinski definition) is 3. The summed E-state index contributed by atoms with van der Waals surface area (Å²) in [5, 5.41) is 0. The van der Waals surface area contributed by atoms with Gasteiger partial charge in [-0.25, -0.2) is 4.39 Å². The maximum absolute atomic E-state index is 13.7. The lowest BCUT2D eigenvalue weighted by molar-refractivity contribution is 0.0975. The third-order valence-electron chi connectivity index (χ3n) is 2.53. The Labute approximate surface area is 101 Å². The molecule has 0 N–H and O–H groups in total. The van der Waals surface area contributed by atoms with Gasteiger partial charge in [0.15, 0.2) is 17.3 Å². The Kier molecular flexibility index (Phi) is 4.94. The standard InChI is InChI=1S/C13H17FO3/c1-4-5-6-11(15)9-7-12(16-2)13(17-3)8-10(9)14/h7-8H,4-6H2,1-3H3. The third-order valence-corrected chi connectivity index (χ3v) is 2.53. The molecule has 0 aromatic heterocycles. The number of methoxy groups -OCH3 is 2. The summed E-state index contributed by atoms with van der Waals surface area (Å²) in [5.41, 5.74) is 0.0658. The molecule has 0 amide bonds. The van der Waals surface area contributed by atoms with Crippen LogP contribution < -0.4 is 9.47 Å². The van der Waals surface area contributed by atoms with Crippen LogP contribution in [0.2, 0.25) is 0 Å². The van der Waals surface area contributed by atoms with Gasteiger partial charge in [0.1, 0.15) is 5.82 Å². The third kappa shape index (κ3) is 3.19. The molecule has 0 saturated heterocycles. The van der Waals surface area contributed by atoms with E-state index in [1.165, 1.54) is 26.4 Å². The SMILES string of the molecule is CCCCC(=O)c1cc(OC)c(OC)cc1F. The molecule has 0 aliphatic rings. The summed E-state index contributed by atoms with van der Waals surface area (Å²) in [6.07, 6.45) is 2.01. The molecule has 0 spiro atoms. The minimum Gasteiger partial charge on any atom is -0.493 e. The molecule has 0 unspecified atom stereocenters. The van der Waals surface area contributed by atoms with E-state index in [1.807, 2.05) is 6.92 Å². The van der Waals surface area contributed by atoms with Crippen molar-refractivity contribution in [2.75, 3.05) is 14.2 Å². The van der Waals surface area contributed by atoms with E-state index in [1.54, 1.807) is 0 Å². The fourth-order valence-electron chi connectivity index (χ4n) is 1.54. The lowest BCUT2D eigenvalue weighted by atomic mass is 10.0. The molecule has 0 radical (unpaired) electrons. The van der Waals surface area contributed by atoms with Crippen LogP contribution in [0.1, 0.15) is 36.5 Å². The highest BCUT2D eigenvalue weighted by Crippen LogP contribution is 2.30. The Bertz CT molecular complexity index is 402. The molecule has 17 heavy (non-hydrogen) atoms. The average Bonchev–Trinajstić information content (AvgIpc) is 2.35. The van der Waals surface area contributed by atoms with Crippen LogP contribution >= 0.6 is 0 Å². The van der Waals surface area contributed by atoms with Crippen molar-refractivity contribution < 1.29 is 18.7 Å². The van der Waals surface area contributed by atoms with Crippen molar-refractivity contribution in [3.8, 4) is 11.5 Å². The highest BCUT2D eigenvalue weighted by Gasteiger charge is 2.16. The van der Waals surface area contributed by atoms with Crippen LogP contribution in [0.25, 0.3) is 0 Å². The van der Waals surface area contributed by atoms with Crippen LogP contribution in [0.3, 0.4) is 0 Å². The Morgan fingerprint density at radius 3 is 2.35 bits per heavy atom. The van der Waals surface area contributed by atoms with Crippen molar-refractivity contribution in [1.82, 2.24) is 0 Å². The van der Waals surface area contributed by atoms with Crippen molar-refractivity contribution in [2.45, 2.75) is 26.2 Å². The predicted octanol–water partition coefficient (Wildman–Crippen LogP) is 3.22. The van der Waals surface area contributed by atoms with Gasteiger partial charge in [-0.1, -0.05) is 13.3 Å². The lowest BCUT2D eigenvalue weighted by Gasteiger charge is -2.10. The molecular formula is C13H17FO3. The molecule has 0 heterocycles. The van der Waals surface area contributed by atoms with Crippen LogP contribution in [0.15, 0.2) is 12.1 Å². The van der Waals surface area contributed by atoms with E-state index in [9.17, 15) is 9.18 Å². The highest BCUT2D eigenvalue weighted by molar-refractivity contribution is 5.97. The van der Waals surface area contributed by atoms with E-state index in [2.05, 4.69) is 0 Å². The molecule has 0 aliphatic carbocycles. The van der Waals surface area contributed by atoms with E-state index >= 15 is 0 Å². The summed E-state index contributed by atoms with van der Waals surface area (Å²) < 4.78 is 23.7. The largest absolute Gasteiger partial charge is 0.493 e. The number of carbonyl (C=O) groups is 1. The molecule has 0 atom stereocenters. The Morgan fingerprint density at radius 2 is 1.82 bits per heavy atom. The van der Waals surface area contributed by atoms with Gasteiger partial charge in [0.2, 0.25) is 0 Å². The number of rotatable bonds is 6. The molecule has 0 bridgehead atoms. The van der Waals surface area contributed by atoms with Gasteiger partial charge in [-0.3, -0.25) is 4.79 Å². The first kappa shape index (κ1) is 13.5. The minimum atomic E-state index is -0.566. The minimum absolute atomic E-state index is 0.0658. The lowest BCUT2D eigenvalue weighted by Crippen LogP contribution is -2.04. The Balaban J connectivity index is 3.03. The van der Waals surface area contributed by atoms with Crippen LogP contribution in [-0.4, -0.2) is 20.0 Å². The summed E-state index contributed by atoms with van der Waals surface area (Å²) in [4.78, 5) is 11.8. The fourth-order valence-corrected chi connectivity index (χ4v) is 1.54. The van der Waals surface area contributed by atoms with E-state index in [0.717, 1.165) is 12.8 Å². The number of Topliss-reactive ketones (excluding diaryl/α,β-unsaturated/α-hetero) is 1. The predicted molar refractivity (Wildman–Crippen MR) is 63.4 cm³/mol. The monoisotopic (exact) mass is 240 g/mol. The highest BCUT2D eigenvalue weighted by atomic mass is 19.1. The van der Waals surface area contributed by atoms with Crippen molar-refractivity contribution in [2.24, 2.45) is 0 Å². The smallest absolute Gasteiger partial charge is 0.165 e. The van der Waals surface area contributed by atoms with Crippen molar-refractivity contribution in [1.29, 1.82) is 0 Å². The van der Waals surface area contributed by atoms with Gasteiger partial charge in [-0.2, -0.15) is 0 Å².